The van der Waals surface area contributed by atoms with Crippen LogP contribution in [0.5, 0.6) is 11.5 Å². The molecular formula is C27H24N6O3. The Morgan fingerprint density at radius 2 is 1.83 bits per heavy atom. The van der Waals surface area contributed by atoms with Crippen LogP contribution in [0, 0.1) is 6.92 Å². The lowest BCUT2D eigenvalue weighted by Gasteiger charge is -2.06. The second kappa shape index (κ2) is 9.38. The van der Waals surface area contributed by atoms with Crippen molar-refractivity contribution in [3.05, 3.63) is 83.4 Å². The number of aromatic nitrogens is 3. The van der Waals surface area contributed by atoms with E-state index in [1.54, 1.807) is 18.3 Å². The average molecular weight is 481 g/mol. The van der Waals surface area contributed by atoms with Crippen molar-refractivity contribution >= 4 is 45.8 Å². The van der Waals surface area contributed by atoms with Crippen molar-refractivity contribution < 1.29 is 14.6 Å². The molecule has 0 saturated carbocycles. The number of anilines is 2. The van der Waals surface area contributed by atoms with Crippen molar-refractivity contribution in [3.8, 4) is 11.5 Å². The third-order valence-corrected chi connectivity index (χ3v) is 5.62. The normalized spacial score (nSPS) is 11.4. The zero-order valence-corrected chi connectivity index (χ0v) is 19.8. The molecule has 1 amide bonds. The highest BCUT2D eigenvalue weighted by atomic mass is 16.5. The lowest BCUT2D eigenvalue weighted by Crippen LogP contribution is -2.14. The topological polar surface area (TPSA) is 128 Å². The van der Waals surface area contributed by atoms with Crippen molar-refractivity contribution in [1.82, 2.24) is 14.6 Å². The van der Waals surface area contributed by atoms with Crippen molar-refractivity contribution in [2.45, 2.75) is 13.8 Å². The molecule has 5 aromatic rings. The number of nitrogens with two attached hydrogens (primary N) is 1. The first-order valence-corrected chi connectivity index (χ1v) is 11.4. The van der Waals surface area contributed by atoms with Crippen LogP contribution in [0.4, 0.5) is 11.5 Å². The molecule has 0 bridgehead atoms. The number of nitrogen functional groups attached to an aromatic ring is 1. The molecule has 0 fully saturated rings. The molecule has 9 heteroatoms. The van der Waals surface area contributed by atoms with Crippen molar-refractivity contribution in [3.63, 3.8) is 0 Å². The largest absolute Gasteiger partial charge is 0.504 e. The van der Waals surface area contributed by atoms with Gasteiger partial charge in [-0.1, -0.05) is 29.8 Å². The smallest absolute Gasteiger partial charge is 0.261 e. The number of fused-ring (bicyclic) bond motifs is 2. The van der Waals surface area contributed by atoms with Gasteiger partial charge in [-0.25, -0.2) is 9.97 Å². The Hall–Kier alpha value is -4.92. The number of hydrogen-bond donors (Lipinski definition) is 3. The number of carbonyl (C=O) groups is 1. The van der Waals surface area contributed by atoms with Gasteiger partial charge in [-0.2, -0.15) is 9.78 Å². The van der Waals surface area contributed by atoms with Gasteiger partial charge in [0.15, 0.2) is 17.1 Å². The van der Waals surface area contributed by atoms with Gasteiger partial charge in [-0.3, -0.25) is 4.79 Å². The van der Waals surface area contributed by atoms with E-state index < -0.39 is 5.91 Å². The summed E-state index contributed by atoms with van der Waals surface area (Å²) in [5.41, 5.74) is 11.0. The number of ether oxygens (including phenoxy) is 1. The van der Waals surface area contributed by atoms with E-state index in [1.807, 2.05) is 62.4 Å². The number of para-hydroxylation sites is 2. The minimum Gasteiger partial charge on any atom is -0.504 e. The van der Waals surface area contributed by atoms with Crippen molar-refractivity contribution in [1.29, 1.82) is 0 Å². The monoisotopic (exact) mass is 480 g/mol. The van der Waals surface area contributed by atoms with Gasteiger partial charge in [-0.15, -0.1) is 0 Å². The Labute approximate surface area is 206 Å². The molecule has 0 aliphatic carbocycles. The van der Waals surface area contributed by atoms with Crippen molar-refractivity contribution in [2.75, 3.05) is 17.7 Å². The number of aromatic hydroxyl groups is 1. The highest BCUT2D eigenvalue weighted by Crippen LogP contribution is 2.29. The van der Waals surface area contributed by atoms with E-state index in [-0.39, 0.29) is 17.1 Å². The van der Waals surface area contributed by atoms with Crippen LogP contribution in [0.2, 0.25) is 0 Å². The first-order valence-electron chi connectivity index (χ1n) is 11.4. The molecule has 5 rings (SSSR count). The number of benzene rings is 3. The second-order valence-electron chi connectivity index (χ2n) is 8.18. The zero-order valence-electron chi connectivity index (χ0n) is 19.8. The molecule has 4 N–H and O–H groups in total. The molecular weight excluding hydrogens is 456 g/mol. The summed E-state index contributed by atoms with van der Waals surface area (Å²) in [6.07, 6.45) is 1.55. The highest BCUT2D eigenvalue weighted by molar-refractivity contribution is 6.16. The third kappa shape index (κ3) is 4.29. The van der Waals surface area contributed by atoms with E-state index >= 15 is 0 Å². The summed E-state index contributed by atoms with van der Waals surface area (Å²) < 4.78 is 6.85. The summed E-state index contributed by atoms with van der Waals surface area (Å²) in [6.45, 7) is 4.21. The van der Waals surface area contributed by atoms with Gasteiger partial charge < -0.3 is 20.9 Å². The van der Waals surface area contributed by atoms with Crippen LogP contribution >= 0.6 is 0 Å². The predicted octanol–water partition coefficient (Wildman–Crippen LogP) is 4.71. The van der Waals surface area contributed by atoms with Crippen LogP contribution < -0.4 is 15.8 Å². The van der Waals surface area contributed by atoms with Gasteiger partial charge in [0.1, 0.15) is 16.9 Å². The Morgan fingerprint density at radius 3 is 2.56 bits per heavy atom. The number of carbonyl (C=O) groups excluding carboxylic acids is 1. The summed E-state index contributed by atoms with van der Waals surface area (Å²) in [6, 6.07) is 19.7. The Morgan fingerprint density at radius 1 is 1.11 bits per heavy atom. The number of phenolic OH excluding ortho intramolecular Hbond substituents is 1. The van der Waals surface area contributed by atoms with E-state index in [0.29, 0.717) is 45.8 Å². The number of aryl methyl sites for hydroxylation is 1. The van der Waals surface area contributed by atoms with Gasteiger partial charge in [0.2, 0.25) is 0 Å². The van der Waals surface area contributed by atoms with Gasteiger partial charge in [0.05, 0.1) is 23.9 Å². The average Bonchev–Trinajstić information content (AvgIpc) is 3.14. The number of phenols is 1. The Kier molecular flexibility index (Phi) is 5.95. The molecule has 180 valence electrons. The molecule has 0 aliphatic heterocycles. The molecule has 9 nitrogen and oxygen atoms in total. The zero-order chi connectivity index (χ0) is 25.2. The van der Waals surface area contributed by atoms with Crippen molar-refractivity contribution in [2.24, 2.45) is 5.10 Å². The lowest BCUT2D eigenvalue weighted by atomic mass is 10.2. The Balaban J connectivity index is 1.62. The van der Waals surface area contributed by atoms with E-state index in [4.69, 9.17) is 15.5 Å². The standard InChI is InChI=1S/C27H24N6O3/c1-3-36-22-14-17(10-13-21(22)34)15-29-33-25(28)23(27(35)30-18-11-8-16(2)9-12-18)24-26(33)32-20-7-5-4-6-19(20)31-24/h4-15,34H,3,28H2,1-2H3,(H,30,35)/b29-15-. The summed E-state index contributed by atoms with van der Waals surface area (Å²) in [5.74, 6) is 0.0659. The molecule has 0 atom stereocenters. The summed E-state index contributed by atoms with van der Waals surface area (Å²) in [7, 11) is 0. The molecule has 2 aromatic heterocycles. The third-order valence-electron chi connectivity index (χ3n) is 5.62. The number of amides is 1. The highest BCUT2D eigenvalue weighted by Gasteiger charge is 2.24. The van der Waals surface area contributed by atoms with Crippen LogP contribution in [0.25, 0.3) is 22.2 Å². The van der Waals surface area contributed by atoms with Crippen LogP contribution in [-0.2, 0) is 0 Å². The maximum atomic E-state index is 13.3. The minimum atomic E-state index is -0.414. The molecule has 0 saturated heterocycles. The number of nitrogens with zero attached hydrogens (tertiary/aromatic N) is 4. The Bertz CT molecular complexity index is 1620. The SMILES string of the molecule is CCOc1cc(/C=N\n2c(N)c(C(=O)Nc3ccc(C)cc3)c3nc4ccccc4nc32)ccc1O. The molecule has 0 unspecified atom stereocenters. The molecule has 36 heavy (non-hydrogen) atoms. The number of hydrogen-bond acceptors (Lipinski definition) is 7. The first-order chi connectivity index (χ1) is 17.4. The maximum Gasteiger partial charge on any atom is 0.261 e. The fraction of sp³-hybridized carbons (Fsp3) is 0.111. The lowest BCUT2D eigenvalue weighted by molar-refractivity contribution is 0.102. The fourth-order valence-electron chi connectivity index (χ4n) is 3.83. The van der Waals surface area contributed by atoms with Crippen LogP contribution in [0.3, 0.4) is 0 Å². The summed E-state index contributed by atoms with van der Waals surface area (Å²) in [4.78, 5) is 22.7. The van der Waals surface area contributed by atoms with Gasteiger partial charge in [-0.05, 0) is 61.9 Å². The minimum absolute atomic E-state index is 0.0346. The van der Waals surface area contributed by atoms with Gasteiger partial charge in [0, 0.05) is 5.69 Å². The van der Waals surface area contributed by atoms with Crippen LogP contribution in [0.15, 0.2) is 71.8 Å². The van der Waals surface area contributed by atoms with Crippen LogP contribution in [-0.4, -0.2) is 38.5 Å². The van der Waals surface area contributed by atoms with E-state index in [0.717, 1.165) is 5.56 Å². The van der Waals surface area contributed by atoms with Gasteiger partial charge in [0.25, 0.3) is 5.91 Å². The quantitative estimate of drug-likeness (QED) is 0.302. The second-order valence-corrected chi connectivity index (χ2v) is 8.18. The molecule has 0 aliphatic rings. The maximum absolute atomic E-state index is 13.3. The summed E-state index contributed by atoms with van der Waals surface area (Å²) in [5, 5.41) is 17.4. The van der Waals surface area contributed by atoms with E-state index in [1.165, 1.54) is 10.7 Å². The number of nitrogens with one attached hydrogen (secondary N) is 1. The van der Waals surface area contributed by atoms with E-state index in [2.05, 4.69) is 15.4 Å². The number of rotatable bonds is 6. The molecule has 3 aromatic carbocycles. The molecule has 0 radical (unpaired) electrons. The predicted molar refractivity (Wildman–Crippen MR) is 141 cm³/mol. The van der Waals surface area contributed by atoms with Gasteiger partial charge >= 0.3 is 0 Å². The molecule has 2 heterocycles. The van der Waals surface area contributed by atoms with Crippen LogP contribution in [0.1, 0.15) is 28.4 Å². The van der Waals surface area contributed by atoms with E-state index in [9.17, 15) is 9.90 Å². The molecule has 0 spiro atoms. The summed E-state index contributed by atoms with van der Waals surface area (Å²) >= 11 is 0. The fourth-order valence-corrected chi connectivity index (χ4v) is 3.83. The first kappa shape index (κ1) is 22.9.